The zero-order valence-electron chi connectivity index (χ0n) is 29.0. The molecule has 1 fully saturated rings. The zero-order valence-corrected chi connectivity index (χ0v) is 29.0. The van der Waals surface area contributed by atoms with Gasteiger partial charge >= 0.3 is 6.09 Å². The number of hydrogen-bond donors (Lipinski definition) is 6. The van der Waals surface area contributed by atoms with E-state index in [0.717, 1.165) is 0 Å². The number of phenols is 2. The maximum Gasteiger partial charge on any atom is 0.407 e. The topological polar surface area (TPSA) is 267 Å². The van der Waals surface area contributed by atoms with Crippen molar-refractivity contribution < 1.29 is 81.2 Å². The molecule has 1 heterocycles. The second-order valence-corrected chi connectivity index (χ2v) is 13.1. The molecule has 3 aliphatic rings. The normalized spacial score (nSPS) is 24.0. The smallest absolute Gasteiger partial charge is 0.407 e. The minimum Gasteiger partial charge on any atom is -0.507 e. The number of methoxy groups -OCH3 is 1. The summed E-state index contributed by atoms with van der Waals surface area (Å²) in [6.45, 7) is -1.22. The molecule has 6 N–H and O–H groups in total. The first kappa shape index (κ1) is 39.9. The minimum atomic E-state index is -2.47. The number of Topliss-reactive ketones (excluding diaryl/α,β-unsaturated/α-hetero) is 1. The summed E-state index contributed by atoms with van der Waals surface area (Å²) in [5.74, 6) is -12.8. The number of hydrogen-bond acceptors (Lipinski definition) is 14. The number of rotatable bonds is 9. The number of alkyl carbamates (subject to hydrolysis) is 1. The number of ketones is 3. The van der Waals surface area contributed by atoms with Gasteiger partial charge in [0.25, 0.3) is 0 Å². The van der Waals surface area contributed by atoms with Crippen LogP contribution in [0.4, 0.5) is 28.0 Å². The lowest BCUT2D eigenvalue weighted by molar-refractivity contribution is -0.249. The molecule has 0 saturated carbocycles. The Bertz CT molecular complexity index is 2220. The highest BCUT2D eigenvalue weighted by atomic mass is 19.2. The van der Waals surface area contributed by atoms with Crippen LogP contribution in [0, 0.1) is 23.3 Å². The Morgan fingerprint density at radius 3 is 2.34 bits per heavy atom. The van der Waals surface area contributed by atoms with Crippen molar-refractivity contribution >= 4 is 29.1 Å². The molecular weight excluding hydrogens is 760 g/mol. The van der Waals surface area contributed by atoms with Crippen molar-refractivity contribution in [3.05, 3.63) is 90.9 Å². The number of ether oxygens (including phenoxy) is 4. The lowest BCUT2D eigenvalue weighted by Crippen LogP contribution is -2.56. The quantitative estimate of drug-likeness (QED) is 0.0355. The van der Waals surface area contributed by atoms with E-state index in [4.69, 9.17) is 24.5 Å². The zero-order chi connectivity index (χ0) is 41.0. The molecule has 0 radical (unpaired) electrons. The van der Waals surface area contributed by atoms with E-state index in [0.29, 0.717) is 0 Å². The van der Waals surface area contributed by atoms with Gasteiger partial charge in [-0.15, -0.1) is 0 Å². The Hall–Kier alpha value is -5.83. The average molecular weight is 791 g/mol. The number of carbonyl (C=O) groups excluding carboxylic acids is 4. The Morgan fingerprint density at radius 2 is 1.71 bits per heavy atom. The number of carbonyl (C=O) groups is 4. The van der Waals surface area contributed by atoms with Crippen LogP contribution in [-0.4, -0.2) is 92.8 Å². The minimum absolute atomic E-state index is 0.0168. The number of amides is 1. The maximum absolute atomic E-state index is 14.5. The monoisotopic (exact) mass is 790 g/mol. The predicted molar refractivity (Wildman–Crippen MR) is 176 cm³/mol. The predicted octanol–water partition coefficient (Wildman–Crippen LogP) is 3.47. The van der Waals surface area contributed by atoms with Gasteiger partial charge in [0.05, 0.1) is 47.6 Å². The molecule has 56 heavy (non-hydrogen) atoms. The molecule has 0 unspecified atom stereocenters. The number of nitrogens with one attached hydrogen (secondary N) is 1. The first-order valence-corrected chi connectivity index (χ1v) is 16.5. The van der Waals surface area contributed by atoms with Gasteiger partial charge in [0.1, 0.15) is 47.9 Å². The van der Waals surface area contributed by atoms with E-state index in [1.54, 1.807) is 0 Å². The van der Waals surface area contributed by atoms with E-state index in [1.165, 1.54) is 32.2 Å². The number of fused-ring (bicyclic) bond motifs is 3. The standard InChI is InChI=1S/C35H30F4N4O13/c1-11-29(46)15(41-34(51)54-10-14-24(36)26(38)28(42-43-40)27(39)25(14)37)6-19(55-11)56-17-8-35(52,18(45)9-44)7-13-21(17)33(50)23-22(31(13)48)30(47)12-4-3-5-16(53-2)20(12)32(23)49/h3-5,11,15,17,19,29,44,46,48,50,52H,6-10H2,1-2H3,(H,41,51)/t11-,15-,17-,19-,29-,35-/m0/s1. The number of azide groups is 1. The molecule has 3 aromatic carbocycles. The number of nitrogens with zero attached hydrogens (tertiary/aromatic N) is 3. The summed E-state index contributed by atoms with van der Waals surface area (Å²) in [5.41, 5.74) is 0.620. The second-order valence-electron chi connectivity index (χ2n) is 13.1. The van der Waals surface area contributed by atoms with Crippen molar-refractivity contribution in [1.82, 2.24) is 5.32 Å². The third-order valence-corrected chi connectivity index (χ3v) is 9.89. The van der Waals surface area contributed by atoms with Gasteiger partial charge in [-0.3, -0.25) is 14.4 Å². The fraction of sp³-hybridized carbons (Fsp3) is 0.371. The van der Waals surface area contributed by atoms with Crippen LogP contribution in [0.5, 0.6) is 17.2 Å². The van der Waals surface area contributed by atoms with Crippen LogP contribution < -0.4 is 10.1 Å². The van der Waals surface area contributed by atoms with Crippen molar-refractivity contribution in [1.29, 1.82) is 0 Å². The maximum atomic E-state index is 14.5. The van der Waals surface area contributed by atoms with Gasteiger partial charge in [-0.2, -0.15) is 0 Å². The van der Waals surface area contributed by atoms with Crippen LogP contribution in [0.2, 0.25) is 0 Å². The highest BCUT2D eigenvalue weighted by molar-refractivity contribution is 6.31. The Kier molecular flexibility index (Phi) is 10.7. The summed E-state index contributed by atoms with van der Waals surface area (Å²) >= 11 is 0. The summed E-state index contributed by atoms with van der Waals surface area (Å²) in [5, 5.41) is 59.9. The molecule has 0 spiro atoms. The van der Waals surface area contributed by atoms with Crippen molar-refractivity contribution in [2.75, 3.05) is 13.7 Å². The van der Waals surface area contributed by atoms with Crippen LogP contribution in [0.25, 0.3) is 10.4 Å². The number of aromatic hydroxyl groups is 2. The molecule has 17 nitrogen and oxygen atoms in total. The molecule has 6 rings (SSSR count). The Labute approximate surface area is 311 Å². The van der Waals surface area contributed by atoms with E-state index in [2.05, 4.69) is 15.3 Å². The van der Waals surface area contributed by atoms with Gasteiger partial charge in [-0.1, -0.05) is 17.2 Å². The summed E-state index contributed by atoms with van der Waals surface area (Å²) in [7, 11) is 1.24. The first-order chi connectivity index (χ1) is 26.5. The lowest BCUT2D eigenvalue weighted by atomic mass is 9.72. The summed E-state index contributed by atoms with van der Waals surface area (Å²) < 4.78 is 79.1. The molecule has 6 atom stereocenters. The van der Waals surface area contributed by atoms with Gasteiger partial charge in [0, 0.05) is 40.9 Å². The summed E-state index contributed by atoms with van der Waals surface area (Å²) in [6, 6.07) is 2.76. The van der Waals surface area contributed by atoms with E-state index in [1.807, 2.05) is 0 Å². The Morgan fingerprint density at radius 1 is 1.05 bits per heavy atom. The van der Waals surface area contributed by atoms with Gasteiger partial charge in [0.15, 0.2) is 41.1 Å². The van der Waals surface area contributed by atoms with Crippen LogP contribution in [0.15, 0.2) is 23.3 Å². The highest BCUT2D eigenvalue weighted by Gasteiger charge is 2.50. The SMILES string of the molecule is COc1cccc2c1C(=O)c1c(O)c3c(c(O)c1C2=O)C[C@@](O)(C(=O)CO)C[C@@H]3O[C@H]1C[C@H](NC(=O)OCc2c(F)c(F)c(N=[N+]=[N-])c(F)c2F)[C@@H](O)[C@H](C)O1. The highest BCUT2D eigenvalue weighted by Crippen LogP contribution is 2.52. The fourth-order valence-corrected chi connectivity index (χ4v) is 7.11. The van der Waals surface area contributed by atoms with Crippen LogP contribution in [0.1, 0.15) is 74.4 Å². The van der Waals surface area contributed by atoms with Crippen molar-refractivity contribution in [3.63, 3.8) is 0 Å². The average Bonchev–Trinajstić information content (AvgIpc) is 3.17. The summed E-state index contributed by atoms with van der Waals surface area (Å²) in [4.78, 5) is 55.2. The van der Waals surface area contributed by atoms with Crippen LogP contribution >= 0.6 is 0 Å². The van der Waals surface area contributed by atoms with Gasteiger partial charge < -0.3 is 49.8 Å². The van der Waals surface area contributed by atoms with Gasteiger partial charge in [-0.05, 0) is 18.5 Å². The molecule has 0 bridgehead atoms. The molecule has 1 saturated heterocycles. The Balaban J connectivity index is 1.30. The summed E-state index contributed by atoms with van der Waals surface area (Å²) in [6.07, 6.45) is -9.27. The lowest BCUT2D eigenvalue weighted by Gasteiger charge is -2.42. The third-order valence-electron chi connectivity index (χ3n) is 9.89. The van der Waals surface area contributed by atoms with E-state index in [9.17, 15) is 62.3 Å². The largest absolute Gasteiger partial charge is 0.507 e. The first-order valence-electron chi connectivity index (χ1n) is 16.5. The number of phenolic OH excluding ortho intramolecular Hbond substituents is 2. The molecule has 0 aromatic heterocycles. The second kappa shape index (κ2) is 15.0. The third kappa shape index (κ3) is 6.52. The van der Waals surface area contributed by atoms with E-state index in [-0.39, 0.29) is 28.0 Å². The molecule has 2 aliphatic carbocycles. The number of aliphatic hydroxyl groups is 3. The van der Waals surface area contributed by atoms with Crippen molar-refractivity contribution in [2.45, 2.75) is 69.0 Å². The molecule has 1 aliphatic heterocycles. The van der Waals surface area contributed by atoms with Crippen LogP contribution in [0.3, 0.4) is 0 Å². The van der Waals surface area contributed by atoms with Gasteiger partial charge in [-0.25, -0.2) is 22.4 Å². The molecule has 296 valence electrons. The number of halogens is 4. The van der Waals surface area contributed by atoms with Crippen molar-refractivity contribution in [3.8, 4) is 17.2 Å². The van der Waals surface area contributed by atoms with E-state index >= 15 is 0 Å². The molecule has 1 amide bonds. The molecule has 21 heteroatoms. The number of aliphatic hydroxyl groups excluding tert-OH is 2. The number of benzene rings is 3. The fourth-order valence-electron chi connectivity index (χ4n) is 7.11. The van der Waals surface area contributed by atoms with Gasteiger partial charge in [0.2, 0.25) is 5.78 Å². The van der Waals surface area contributed by atoms with Crippen molar-refractivity contribution in [2.24, 2.45) is 5.11 Å². The molecular formula is C35H30F4N4O13. The molecule has 3 aromatic rings. The van der Waals surface area contributed by atoms with Crippen LogP contribution in [-0.2, 0) is 32.0 Å². The van der Waals surface area contributed by atoms with E-state index < -0.39 is 149 Å².